The minimum absolute atomic E-state index is 0.000266. The number of carbonyl (C=O) groups excluding carboxylic acids is 3. The van der Waals surface area contributed by atoms with Gasteiger partial charge in [-0.25, -0.2) is 0 Å². The lowest BCUT2D eigenvalue weighted by Gasteiger charge is -2.38. The van der Waals surface area contributed by atoms with Gasteiger partial charge in [0.25, 0.3) is 0 Å². The molecule has 1 unspecified atom stereocenters. The van der Waals surface area contributed by atoms with E-state index in [1.807, 2.05) is 61.6 Å². The summed E-state index contributed by atoms with van der Waals surface area (Å²) in [6.07, 6.45) is 8.13. The summed E-state index contributed by atoms with van der Waals surface area (Å²) in [6.45, 7) is 6.63. The van der Waals surface area contributed by atoms with E-state index in [9.17, 15) is 19.5 Å². The van der Waals surface area contributed by atoms with Gasteiger partial charge in [0.15, 0.2) is 0 Å². The summed E-state index contributed by atoms with van der Waals surface area (Å²) in [7, 11) is 0. The zero-order valence-corrected chi connectivity index (χ0v) is 23.0. The first-order chi connectivity index (χ1) is 19.5. The third kappa shape index (κ3) is 4.20. The molecule has 0 saturated carbocycles. The van der Waals surface area contributed by atoms with Crippen LogP contribution in [0.4, 0.5) is 5.69 Å². The second kappa shape index (κ2) is 10.7. The van der Waals surface area contributed by atoms with Crippen LogP contribution in [0.5, 0.6) is 0 Å². The number of ether oxygens (including phenoxy) is 2. The van der Waals surface area contributed by atoms with E-state index >= 15 is 0 Å². The lowest BCUT2D eigenvalue weighted by molar-refractivity contribution is -0.152. The summed E-state index contributed by atoms with van der Waals surface area (Å²) in [6, 6.07) is 8.48. The summed E-state index contributed by atoms with van der Waals surface area (Å²) >= 11 is 0. The molecule has 10 nitrogen and oxygen atoms in total. The molecule has 3 amide bonds. The Bertz CT molecular complexity index is 1200. The van der Waals surface area contributed by atoms with Gasteiger partial charge in [0.2, 0.25) is 17.7 Å². The largest absolute Gasteiger partial charge is 0.395 e. The van der Waals surface area contributed by atoms with E-state index in [-0.39, 0.29) is 30.9 Å². The number of likely N-dealkylation sites (tertiary alicyclic amines) is 1. The zero-order chi connectivity index (χ0) is 27.9. The number of benzene rings is 1. The minimum atomic E-state index is -1.31. The van der Waals surface area contributed by atoms with Crippen LogP contribution in [-0.4, -0.2) is 120 Å². The Morgan fingerprint density at radius 1 is 0.900 bits per heavy atom. The number of morpholine rings is 1. The monoisotopic (exact) mass is 550 g/mol. The van der Waals surface area contributed by atoms with Crippen LogP contribution in [0.15, 0.2) is 54.6 Å². The Balaban J connectivity index is 1.38. The number of hydrogen-bond donors (Lipinski definition) is 1. The molecule has 6 rings (SSSR count). The van der Waals surface area contributed by atoms with E-state index in [0.29, 0.717) is 45.8 Å². The molecule has 5 aliphatic rings. The van der Waals surface area contributed by atoms with Crippen molar-refractivity contribution in [1.82, 2.24) is 14.7 Å². The van der Waals surface area contributed by atoms with Crippen LogP contribution in [-0.2, 0) is 23.9 Å². The highest BCUT2D eigenvalue weighted by Gasteiger charge is 2.75. The lowest BCUT2D eigenvalue weighted by atomic mass is 9.73. The van der Waals surface area contributed by atoms with Gasteiger partial charge in [-0.2, -0.15) is 0 Å². The molecule has 1 aromatic carbocycles. The van der Waals surface area contributed by atoms with Crippen LogP contribution >= 0.6 is 0 Å². The third-order valence-corrected chi connectivity index (χ3v) is 9.22. The summed E-state index contributed by atoms with van der Waals surface area (Å²) < 4.78 is 12.4. The van der Waals surface area contributed by atoms with Crippen LogP contribution in [0.2, 0.25) is 0 Å². The van der Waals surface area contributed by atoms with E-state index in [0.717, 1.165) is 18.8 Å². The summed E-state index contributed by atoms with van der Waals surface area (Å²) in [5.41, 5.74) is -1.59. The average Bonchev–Trinajstić information content (AvgIpc) is 3.26. The molecule has 1 aromatic rings. The predicted octanol–water partition coefficient (Wildman–Crippen LogP) is 0.673. The van der Waals surface area contributed by atoms with Gasteiger partial charge in [-0.05, 0) is 18.6 Å². The maximum atomic E-state index is 14.4. The van der Waals surface area contributed by atoms with E-state index < -0.39 is 29.1 Å². The van der Waals surface area contributed by atoms with Crippen molar-refractivity contribution in [2.24, 2.45) is 11.8 Å². The lowest BCUT2D eigenvalue weighted by Crippen LogP contribution is -2.57. The molecular formula is C30H38N4O6. The molecule has 3 saturated heterocycles. The minimum Gasteiger partial charge on any atom is -0.395 e. The summed E-state index contributed by atoms with van der Waals surface area (Å²) in [4.78, 5) is 50.1. The maximum Gasteiger partial charge on any atom is 0.249 e. The van der Waals surface area contributed by atoms with Crippen molar-refractivity contribution in [1.29, 1.82) is 0 Å². The molecule has 1 N–H and O–H groups in total. The van der Waals surface area contributed by atoms with Gasteiger partial charge in [0.1, 0.15) is 11.6 Å². The predicted molar refractivity (Wildman–Crippen MR) is 147 cm³/mol. The highest BCUT2D eigenvalue weighted by atomic mass is 16.5. The first kappa shape index (κ1) is 27.1. The Kier molecular flexibility index (Phi) is 7.28. The number of para-hydroxylation sites is 1. The number of rotatable bonds is 7. The number of aliphatic hydroxyl groups excluding tert-OH is 1. The highest BCUT2D eigenvalue weighted by Crippen LogP contribution is 2.58. The Hall–Kier alpha value is -3.05. The molecule has 0 radical (unpaired) electrons. The number of fused-ring (bicyclic) bond motifs is 2. The molecule has 40 heavy (non-hydrogen) atoms. The molecule has 0 aromatic heterocycles. The van der Waals surface area contributed by atoms with Crippen molar-refractivity contribution in [2.45, 2.75) is 30.6 Å². The van der Waals surface area contributed by atoms with Crippen LogP contribution in [0, 0.1) is 11.8 Å². The van der Waals surface area contributed by atoms with E-state index in [4.69, 9.17) is 9.47 Å². The molecule has 0 aliphatic carbocycles. The fourth-order valence-corrected chi connectivity index (χ4v) is 7.28. The average molecular weight is 551 g/mol. The van der Waals surface area contributed by atoms with Crippen LogP contribution in [0.25, 0.3) is 0 Å². The fraction of sp³-hybridized carbons (Fsp3) is 0.567. The molecule has 10 heteroatoms. The molecular weight excluding hydrogens is 512 g/mol. The molecule has 214 valence electrons. The number of hydrogen-bond acceptors (Lipinski definition) is 7. The Morgan fingerprint density at radius 3 is 2.38 bits per heavy atom. The van der Waals surface area contributed by atoms with Gasteiger partial charge in [-0.1, -0.05) is 49.4 Å². The van der Waals surface area contributed by atoms with Gasteiger partial charge in [-0.3, -0.25) is 19.3 Å². The maximum absolute atomic E-state index is 14.4. The molecule has 5 heterocycles. The quantitative estimate of drug-likeness (QED) is 0.498. The topological polar surface area (TPSA) is 103 Å². The molecule has 5 aliphatic heterocycles. The first-order valence-electron chi connectivity index (χ1n) is 14.4. The van der Waals surface area contributed by atoms with E-state index in [1.54, 1.807) is 9.80 Å². The van der Waals surface area contributed by atoms with Crippen molar-refractivity contribution in [3.63, 3.8) is 0 Å². The normalized spacial score (nSPS) is 34.1. The second-order valence-electron chi connectivity index (χ2n) is 11.2. The molecule has 3 fully saturated rings. The SMILES string of the molecule is CC[C@]12C=CCN(c3ccccc3)C(=O)[C@H]1[C@H]1C(=O)N(CCO)C3C(=O)N(CCN4CCOCC4)CC=C[C@@]31O2. The van der Waals surface area contributed by atoms with Crippen molar-refractivity contribution >= 4 is 23.4 Å². The Morgan fingerprint density at radius 2 is 1.65 bits per heavy atom. The molecule has 0 bridgehead atoms. The second-order valence-corrected chi connectivity index (χ2v) is 11.2. The van der Waals surface area contributed by atoms with Crippen molar-refractivity contribution in [2.75, 3.05) is 70.5 Å². The van der Waals surface area contributed by atoms with Gasteiger partial charge in [0.05, 0.1) is 37.3 Å². The fourth-order valence-electron chi connectivity index (χ4n) is 7.28. The zero-order valence-electron chi connectivity index (χ0n) is 23.0. The summed E-state index contributed by atoms with van der Waals surface area (Å²) in [5, 5.41) is 9.93. The number of aliphatic hydroxyl groups is 1. The van der Waals surface area contributed by atoms with Gasteiger partial charge < -0.3 is 29.3 Å². The molecule has 5 atom stereocenters. The highest BCUT2D eigenvalue weighted by molar-refractivity contribution is 6.04. The van der Waals surface area contributed by atoms with Crippen molar-refractivity contribution in [3.8, 4) is 0 Å². The third-order valence-electron chi connectivity index (χ3n) is 9.22. The number of β-amino-alcohol motifs (C(OH)–C–C–N with tert-alkyl or cyclic N) is 1. The Labute approximate surface area is 234 Å². The number of carbonyl (C=O) groups is 3. The number of nitrogens with zero attached hydrogens (tertiary/aromatic N) is 4. The first-order valence-corrected chi connectivity index (χ1v) is 14.4. The number of anilines is 1. The van der Waals surface area contributed by atoms with E-state index in [2.05, 4.69) is 4.90 Å². The van der Waals surface area contributed by atoms with Crippen molar-refractivity contribution < 1.29 is 29.0 Å². The smallest absolute Gasteiger partial charge is 0.249 e. The van der Waals surface area contributed by atoms with Gasteiger partial charge in [0, 0.05) is 51.5 Å². The van der Waals surface area contributed by atoms with Crippen LogP contribution < -0.4 is 4.90 Å². The van der Waals surface area contributed by atoms with Crippen LogP contribution in [0.3, 0.4) is 0 Å². The van der Waals surface area contributed by atoms with Gasteiger partial charge >= 0.3 is 0 Å². The van der Waals surface area contributed by atoms with Crippen LogP contribution in [0.1, 0.15) is 13.3 Å². The van der Waals surface area contributed by atoms with Crippen molar-refractivity contribution in [3.05, 3.63) is 54.6 Å². The molecule has 1 spiro atoms. The number of amides is 3. The summed E-state index contributed by atoms with van der Waals surface area (Å²) in [5.74, 6) is -2.41. The van der Waals surface area contributed by atoms with Gasteiger partial charge in [-0.15, -0.1) is 0 Å². The van der Waals surface area contributed by atoms with E-state index in [1.165, 1.54) is 4.90 Å². The standard InChI is InChI=1S/C30H38N4O6/c1-2-29-10-6-13-33(22-8-4-3-5-9-22)26(36)23(29)24-27(37)34(16-19-35)25-28(38)32(12-7-11-30(24,25)40-29)15-14-31-17-20-39-21-18-31/h3-11,23-25,35H,2,12-21H2,1H3/t23-,24+,25?,29+,30+/m1/s1.